The Hall–Kier alpha value is -3.39. The van der Waals surface area contributed by atoms with Crippen LogP contribution in [0.2, 0.25) is 0 Å². The van der Waals surface area contributed by atoms with Gasteiger partial charge in [-0.3, -0.25) is 4.79 Å². The molecular formula is C23H22BrFN6O3. The Balaban J connectivity index is 1.51. The van der Waals surface area contributed by atoms with Crippen molar-refractivity contribution in [3.63, 3.8) is 0 Å². The number of nitrogens with zero attached hydrogens (tertiary/aromatic N) is 4. The Morgan fingerprint density at radius 3 is 2.79 bits per heavy atom. The summed E-state index contributed by atoms with van der Waals surface area (Å²) in [4.78, 5) is 32.3. The molecule has 0 radical (unpaired) electrons. The number of aromatic nitrogens is 2. The highest BCUT2D eigenvalue weighted by Crippen LogP contribution is 2.47. The van der Waals surface area contributed by atoms with Gasteiger partial charge in [-0.25, -0.2) is 24.6 Å². The number of rotatable bonds is 5. The zero-order valence-corrected chi connectivity index (χ0v) is 19.9. The normalized spacial score (nSPS) is 24.9. The highest BCUT2D eigenvalue weighted by atomic mass is 79.9. The van der Waals surface area contributed by atoms with Gasteiger partial charge in [-0.05, 0) is 63.3 Å². The second kappa shape index (κ2) is 9.46. The highest BCUT2D eigenvalue weighted by Gasteiger charge is 2.51. The van der Waals surface area contributed by atoms with Gasteiger partial charge in [-0.15, -0.1) is 0 Å². The molecule has 2 amide bonds. The zero-order valence-electron chi connectivity index (χ0n) is 18.3. The first-order chi connectivity index (χ1) is 16.3. The number of nitriles is 1. The molecule has 2 heterocycles. The van der Waals surface area contributed by atoms with Crippen LogP contribution in [-0.2, 0) is 4.74 Å². The van der Waals surface area contributed by atoms with Crippen LogP contribution >= 0.6 is 15.9 Å². The number of hydrogen-bond acceptors (Lipinski definition) is 7. The predicted octanol–water partition coefficient (Wildman–Crippen LogP) is 3.85. The van der Waals surface area contributed by atoms with E-state index in [1.165, 1.54) is 30.7 Å². The van der Waals surface area contributed by atoms with Crippen molar-refractivity contribution in [2.75, 3.05) is 0 Å². The van der Waals surface area contributed by atoms with Gasteiger partial charge in [0.05, 0.1) is 11.5 Å². The molecule has 0 bridgehead atoms. The standard InChI is InChI=1S/C23H22BrFN6O3/c1-14(29-20(32)18-4-9-27-13-28-18)11-22(12-26)5-7-23(8-6-22)19(30-31-21(33)34-23)16-10-15(25)2-3-17(16)24/h2-4,9-10,13-14H,5-8,11H2,1H3,(H,29,32)(H,31,33)/t14-,22?,23?/m0/s1. The second-order valence-corrected chi connectivity index (χ2v) is 9.50. The lowest BCUT2D eigenvalue weighted by Crippen LogP contribution is -2.54. The minimum Gasteiger partial charge on any atom is -0.435 e. The summed E-state index contributed by atoms with van der Waals surface area (Å²) in [5.74, 6) is -0.781. The lowest BCUT2D eigenvalue weighted by molar-refractivity contribution is 0.00352. The smallest absolute Gasteiger partial charge is 0.428 e. The molecule has 1 spiro atoms. The van der Waals surface area contributed by atoms with Gasteiger partial charge in [0.1, 0.15) is 23.6 Å². The van der Waals surface area contributed by atoms with Crippen molar-refractivity contribution in [3.05, 3.63) is 58.3 Å². The minimum absolute atomic E-state index is 0.249. The number of nitrogens with one attached hydrogen (secondary N) is 2. The van der Waals surface area contributed by atoms with Crippen molar-refractivity contribution >= 4 is 33.6 Å². The Labute approximate surface area is 203 Å². The topological polar surface area (TPSA) is 129 Å². The SMILES string of the molecule is C[C@@H](CC1(C#N)CCC2(CC1)OC(=O)NN=C2c1cc(F)ccc1Br)NC(=O)c1ccncn1. The van der Waals surface area contributed by atoms with Gasteiger partial charge >= 0.3 is 6.09 Å². The van der Waals surface area contributed by atoms with Gasteiger partial charge in [-0.1, -0.05) is 15.9 Å². The Morgan fingerprint density at radius 2 is 2.12 bits per heavy atom. The van der Waals surface area contributed by atoms with Crippen LogP contribution in [0, 0.1) is 22.6 Å². The number of carbonyl (C=O) groups is 2. The number of ether oxygens (including phenoxy) is 1. The summed E-state index contributed by atoms with van der Waals surface area (Å²) in [6.45, 7) is 1.84. The molecule has 1 aliphatic carbocycles. The van der Waals surface area contributed by atoms with Crippen LogP contribution in [-0.4, -0.2) is 39.3 Å². The van der Waals surface area contributed by atoms with Crippen LogP contribution in [0.1, 0.15) is 55.1 Å². The van der Waals surface area contributed by atoms with Crippen molar-refractivity contribution in [2.45, 2.75) is 50.7 Å². The third kappa shape index (κ3) is 4.77. The van der Waals surface area contributed by atoms with Crippen LogP contribution in [0.4, 0.5) is 9.18 Å². The molecule has 1 aromatic heterocycles. The maximum atomic E-state index is 14.0. The summed E-state index contributed by atoms with van der Waals surface area (Å²) in [5.41, 5.74) is 1.65. The average Bonchev–Trinajstić information content (AvgIpc) is 2.83. The molecule has 11 heteroatoms. The van der Waals surface area contributed by atoms with E-state index in [-0.39, 0.29) is 17.6 Å². The molecule has 176 valence electrons. The van der Waals surface area contributed by atoms with Crippen LogP contribution in [0.3, 0.4) is 0 Å². The molecular weight excluding hydrogens is 507 g/mol. The molecule has 34 heavy (non-hydrogen) atoms. The van der Waals surface area contributed by atoms with Crippen molar-refractivity contribution in [2.24, 2.45) is 10.5 Å². The number of carbonyl (C=O) groups excluding carboxylic acids is 2. The third-order valence-corrected chi connectivity index (χ3v) is 6.99. The molecule has 0 unspecified atom stereocenters. The lowest BCUT2D eigenvalue weighted by atomic mass is 9.65. The summed E-state index contributed by atoms with van der Waals surface area (Å²) in [7, 11) is 0. The fourth-order valence-electron chi connectivity index (χ4n) is 4.63. The molecule has 1 aliphatic heterocycles. The maximum absolute atomic E-state index is 14.0. The second-order valence-electron chi connectivity index (χ2n) is 8.65. The summed E-state index contributed by atoms with van der Waals surface area (Å²) in [6, 6.07) is 7.88. The van der Waals surface area contributed by atoms with Crippen LogP contribution in [0.5, 0.6) is 0 Å². The van der Waals surface area contributed by atoms with E-state index in [1.54, 1.807) is 6.07 Å². The predicted molar refractivity (Wildman–Crippen MR) is 123 cm³/mol. The molecule has 0 saturated heterocycles. The fraction of sp³-hybridized carbons (Fsp3) is 0.391. The molecule has 2 aliphatic rings. The third-order valence-electron chi connectivity index (χ3n) is 6.30. The van der Waals surface area contributed by atoms with E-state index < -0.39 is 22.9 Å². The quantitative estimate of drug-likeness (QED) is 0.606. The monoisotopic (exact) mass is 528 g/mol. The number of benzene rings is 1. The Kier molecular flexibility index (Phi) is 6.61. The van der Waals surface area contributed by atoms with E-state index in [4.69, 9.17) is 4.74 Å². The summed E-state index contributed by atoms with van der Waals surface area (Å²) in [6.07, 6.45) is 4.01. The van der Waals surface area contributed by atoms with Gasteiger partial charge in [0.15, 0.2) is 5.60 Å². The molecule has 1 aromatic carbocycles. The number of hydrazone groups is 1. The van der Waals surface area contributed by atoms with Crippen molar-refractivity contribution in [3.8, 4) is 6.07 Å². The molecule has 2 N–H and O–H groups in total. The van der Waals surface area contributed by atoms with E-state index in [9.17, 15) is 19.2 Å². The molecule has 9 nitrogen and oxygen atoms in total. The van der Waals surface area contributed by atoms with E-state index in [0.29, 0.717) is 47.9 Å². The molecule has 4 rings (SSSR count). The molecule has 1 fully saturated rings. The fourth-order valence-corrected chi connectivity index (χ4v) is 5.06. The molecule has 2 aromatic rings. The lowest BCUT2D eigenvalue weighted by Gasteiger charge is -2.45. The van der Waals surface area contributed by atoms with E-state index >= 15 is 0 Å². The van der Waals surface area contributed by atoms with Crippen molar-refractivity contribution in [1.29, 1.82) is 5.26 Å². The first kappa shape index (κ1) is 23.8. The van der Waals surface area contributed by atoms with E-state index in [2.05, 4.69) is 47.8 Å². The van der Waals surface area contributed by atoms with Crippen LogP contribution in [0.15, 0.2) is 46.4 Å². The highest BCUT2D eigenvalue weighted by molar-refractivity contribution is 9.10. The van der Waals surface area contributed by atoms with Gasteiger partial charge in [-0.2, -0.15) is 10.4 Å². The first-order valence-corrected chi connectivity index (χ1v) is 11.6. The van der Waals surface area contributed by atoms with Crippen molar-refractivity contribution < 1.29 is 18.7 Å². The van der Waals surface area contributed by atoms with Gasteiger partial charge in [0, 0.05) is 22.3 Å². The zero-order chi connectivity index (χ0) is 24.3. The first-order valence-electron chi connectivity index (χ1n) is 10.8. The maximum Gasteiger partial charge on any atom is 0.428 e. The van der Waals surface area contributed by atoms with Gasteiger partial charge in [0.25, 0.3) is 5.91 Å². The average molecular weight is 529 g/mol. The number of hydrogen-bond donors (Lipinski definition) is 2. The van der Waals surface area contributed by atoms with Crippen LogP contribution < -0.4 is 10.7 Å². The largest absolute Gasteiger partial charge is 0.435 e. The summed E-state index contributed by atoms with van der Waals surface area (Å²) in [5, 5.41) is 17.1. The van der Waals surface area contributed by atoms with Gasteiger partial charge < -0.3 is 10.1 Å². The Bertz CT molecular complexity index is 1170. The number of amides is 2. The van der Waals surface area contributed by atoms with E-state index in [1.807, 2.05) is 6.92 Å². The Morgan fingerprint density at radius 1 is 1.35 bits per heavy atom. The van der Waals surface area contributed by atoms with Crippen molar-refractivity contribution in [1.82, 2.24) is 20.7 Å². The van der Waals surface area contributed by atoms with Gasteiger partial charge in [0.2, 0.25) is 0 Å². The summed E-state index contributed by atoms with van der Waals surface area (Å²) < 4.78 is 20.3. The molecule has 1 atom stereocenters. The number of halogens is 2. The van der Waals surface area contributed by atoms with Crippen LogP contribution in [0.25, 0.3) is 0 Å². The minimum atomic E-state index is -1.08. The van der Waals surface area contributed by atoms with E-state index in [0.717, 1.165) is 0 Å². The molecule has 1 saturated carbocycles. The summed E-state index contributed by atoms with van der Waals surface area (Å²) >= 11 is 3.42.